The van der Waals surface area contributed by atoms with Crippen LogP contribution in [0.25, 0.3) is 0 Å². The first kappa shape index (κ1) is 29.1. The van der Waals surface area contributed by atoms with Crippen LogP contribution in [0.3, 0.4) is 0 Å². The number of ether oxygens (including phenoxy) is 2. The molecular weight excluding hydrogens is 394 g/mol. The Hall–Kier alpha value is -0.900. The van der Waals surface area contributed by atoms with Gasteiger partial charge in [0.1, 0.15) is 0 Å². The molecule has 1 unspecified atom stereocenters. The van der Waals surface area contributed by atoms with Crippen molar-refractivity contribution >= 4 is 0 Å². The van der Waals surface area contributed by atoms with Crippen molar-refractivity contribution in [2.75, 3.05) is 33.4 Å². The van der Waals surface area contributed by atoms with Gasteiger partial charge >= 0.3 is 0 Å². The third-order valence-corrected chi connectivity index (χ3v) is 6.11. The first-order chi connectivity index (χ1) is 15.8. The minimum atomic E-state index is 0.161. The topological polar surface area (TPSA) is 21.7 Å². The van der Waals surface area contributed by atoms with E-state index in [1.165, 1.54) is 89.0 Å². The van der Waals surface area contributed by atoms with Gasteiger partial charge < -0.3 is 9.47 Å². The lowest BCUT2D eigenvalue weighted by molar-refractivity contribution is -0.0322. The Labute approximate surface area is 200 Å². The smallest absolute Gasteiger partial charge is 0.0934 e. The van der Waals surface area contributed by atoms with Gasteiger partial charge in [-0.3, -0.25) is 4.90 Å². The molecule has 1 atom stereocenters. The van der Waals surface area contributed by atoms with Crippen LogP contribution in [0.5, 0.6) is 0 Å². The Kier molecular flexibility index (Phi) is 20.0. The third kappa shape index (κ3) is 17.6. The predicted octanol–water partition coefficient (Wildman–Crippen LogP) is 8.02. The second-order valence-electron chi connectivity index (χ2n) is 9.49. The lowest BCUT2D eigenvalue weighted by Gasteiger charge is -2.24. The van der Waals surface area contributed by atoms with Crippen molar-refractivity contribution in [3.8, 4) is 0 Å². The highest BCUT2D eigenvalue weighted by Crippen LogP contribution is 2.11. The van der Waals surface area contributed by atoms with E-state index in [-0.39, 0.29) is 6.10 Å². The van der Waals surface area contributed by atoms with Crippen LogP contribution in [-0.4, -0.2) is 44.4 Å². The van der Waals surface area contributed by atoms with E-state index in [1.54, 1.807) is 0 Å². The number of hydrogen-bond acceptors (Lipinski definition) is 3. The normalized spacial score (nSPS) is 12.5. The lowest BCUT2D eigenvalue weighted by atomic mass is 10.1. The van der Waals surface area contributed by atoms with Crippen molar-refractivity contribution in [1.82, 2.24) is 4.90 Å². The molecular formula is C29H53NO2. The number of benzene rings is 1. The maximum absolute atomic E-state index is 6.23. The van der Waals surface area contributed by atoms with Crippen molar-refractivity contribution in [3.63, 3.8) is 0 Å². The number of nitrogens with zero attached hydrogens (tertiary/aromatic N) is 1. The van der Waals surface area contributed by atoms with E-state index in [4.69, 9.17) is 9.47 Å². The second-order valence-corrected chi connectivity index (χ2v) is 9.49. The van der Waals surface area contributed by atoms with Gasteiger partial charge in [0.2, 0.25) is 0 Å². The summed E-state index contributed by atoms with van der Waals surface area (Å²) in [5.74, 6) is 0. The lowest BCUT2D eigenvalue weighted by Crippen LogP contribution is -2.34. The fraction of sp³-hybridized carbons (Fsp3) is 0.793. The summed E-state index contributed by atoms with van der Waals surface area (Å²) < 4.78 is 12.3. The van der Waals surface area contributed by atoms with Crippen LogP contribution in [0.2, 0.25) is 0 Å². The van der Waals surface area contributed by atoms with Crippen LogP contribution in [0.15, 0.2) is 30.3 Å². The molecule has 0 aliphatic rings. The fourth-order valence-electron chi connectivity index (χ4n) is 4.15. The monoisotopic (exact) mass is 447 g/mol. The summed E-state index contributed by atoms with van der Waals surface area (Å²) in [5, 5.41) is 0. The molecule has 0 radical (unpaired) electrons. The molecule has 0 heterocycles. The van der Waals surface area contributed by atoms with E-state index in [2.05, 4.69) is 56.1 Å². The number of unbranched alkanes of at least 4 members (excludes halogenated alkanes) is 12. The molecule has 3 nitrogen and oxygen atoms in total. The Morgan fingerprint density at radius 1 is 0.688 bits per heavy atom. The highest BCUT2D eigenvalue weighted by molar-refractivity contribution is 5.14. The van der Waals surface area contributed by atoms with Crippen molar-refractivity contribution in [2.24, 2.45) is 0 Å². The van der Waals surface area contributed by atoms with Gasteiger partial charge in [-0.05, 0) is 25.5 Å². The van der Waals surface area contributed by atoms with E-state index in [0.29, 0.717) is 6.61 Å². The van der Waals surface area contributed by atoms with Gasteiger partial charge in [0.15, 0.2) is 0 Å². The molecule has 186 valence electrons. The van der Waals surface area contributed by atoms with Crippen LogP contribution >= 0.6 is 0 Å². The molecule has 1 rings (SSSR count). The first-order valence-electron chi connectivity index (χ1n) is 13.7. The predicted molar refractivity (Wildman–Crippen MR) is 139 cm³/mol. The largest absolute Gasteiger partial charge is 0.379 e. The van der Waals surface area contributed by atoms with Crippen LogP contribution in [-0.2, 0) is 16.0 Å². The quantitative estimate of drug-likeness (QED) is 0.158. The van der Waals surface area contributed by atoms with Gasteiger partial charge in [-0.1, -0.05) is 121 Å². The Morgan fingerprint density at radius 3 is 1.84 bits per heavy atom. The maximum Gasteiger partial charge on any atom is 0.0934 e. The van der Waals surface area contributed by atoms with Gasteiger partial charge in [-0.2, -0.15) is 0 Å². The third-order valence-electron chi connectivity index (χ3n) is 6.11. The highest BCUT2D eigenvalue weighted by Gasteiger charge is 2.13. The standard InChI is InChI=1S/C29H53NO2/c1-4-6-8-10-11-12-13-14-15-19-23-31-27-29(32-24-20-9-7-5-2)26-30(3)25-28-21-17-16-18-22-28/h16-18,21-22,29H,4-15,19-20,23-27H2,1-3H3. The summed E-state index contributed by atoms with van der Waals surface area (Å²) in [6.45, 7) is 8.84. The molecule has 1 aromatic carbocycles. The molecule has 0 aliphatic heterocycles. The van der Waals surface area contributed by atoms with Gasteiger partial charge in [0, 0.05) is 26.3 Å². The maximum atomic E-state index is 6.23. The summed E-state index contributed by atoms with van der Waals surface area (Å²) in [5.41, 5.74) is 1.35. The average Bonchev–Trinajstić information content (AvgIpc) is 2.80. The van der Waals surface area contributed by atoms with Crippen molar-refractivity contribution in [3.05, 3.63) is 35.9 Å². The summed E-state index contributed by atoms with van der Waals surface area (Å²) in [4.78, 5) is 2.36. The summed E-state index contributed by atoms with van der Waals surface area (Å²) >= 11 is 0. The second kappa shape index (κ2) is 21.9. The van der Waals surface area contributed by atoms with E-state index in [9.17, 15) is 0 Å². The minimum absolute atomic E-state index is 0.161. The van der Waals surface area contributed by atoms with Crippen LogP contribution in [0.4, 0.5) is 0 Å². The zero-order chi connectivity index (χ0) is 23.1. The number of likely N-dealkylation sites (N-methyl/N-ethyl adjacent to an activating group) is 1. The molecule has 0 bridgehead atoms. The molecule has 0 N–H and O–H groups in total. The van der Waals surface area contributed by atoms with E-state index < -0.39 is 0 Å². The minimum Gasteiger partial charge on any atom is -0.379 e. The molecule has 0 aromatic heterocycles. The average molecular weight is 448 g/mol. The molecule has 3 heteroatoms. The zero-order valence-electron chi connectivity index (χ0n) is 21.7. The molecule has 32 heavy (non-hydrogen) atoms. The van der Waals surface area contributed by atoms with E-state index in [0.717, 1.165) is 32.7 Å². The van der Waals surface area contributed by atoms with Gasteiger partial charge in [-0.25, -0.2) is 0 Å². The van der Waals surface area contributed by atoms with Crippen molar-refractivity contribution in [2.45, 2.75) is 116 Å². The summed E-state index contributed by atoms with van der Waals surface area (Å²) in [6.07, 6.45) is 18.8. The summed E-state index contributed by atoms with van der Waals surface area (Å²) in [7, 11) is 2.18. The summed E-state index contributed by atoms with van der Waals surface area (Å²) in [6, 6.07) is 10.7. The fourth-order valence-corrected chi connectivity index (χ4v) is 4.15. The Morgan fingerprint density at radius 2 is 1.22 bits per heavy atom. The molecule has 0 aliphatic carbocycles. The first-order valence-corrected chi connectivity index (χ1v) is 13.7. The highest BCUT2D eigenvalue weighted by atomic mass is 16.5. The van der Waals surface area contributed by atoms with E-state index >= 15 is 0 Å². The molecule has 0 amide bonds. The van der Waals surface area contributed by atoms with Crippen LogP contribution in [0, 0.1) is 0 Å². The molecule has 0 saturated carbocycles. The zero-order valence-corrected chi connectivity index (χ0v) is 21.7. The van der Waals surface area contributed by atoms with E-state index in [1.807, 2.05) is 0 Å². The SMILES string of the molecule is CCCCCCCCCCCCOCC(CN(C)Cc1ccccc1)OCCCCCC. The van der Waals surface area contributed by atoms with Crippen molar-refractivity contribution in [1.29, 1.82) is 0 Å². The molecule has 0 saturated heterocycles. The van der Waals surface area contributed by atoms with Gasteiger partial charge in [-0.15, -0.1) is 0 Å². The number of hydrogen-bond donors (Lipinski definition) is 0. The van der Waals surface area contributed by atoms with Gasteiger partial charge in [0.05, 0.1) is 12.7 Å². The molecule has 0 spiro atoms. The van der Waals surface area contributed by atoms with Crippen molar-refractivity contribution < 1.29 is 9.47 Å². The Bertz CT molecular complexity index is 493. The Balaban J connectivity index is 2.16. The molecule has 0 fully saturated rings. The van der Waals surface area contributed by atoms with Crippen LogP contribution < -0.4 is 0 Å². The molecule has 1 aromatic rings. The van der Waals surface area contributed by atoms with Crippen LogP contribution in [0.1, 0.15) is 109 Å². The van der Waals surface area contributed by atoms with Gasteiger partial charge in [0.25, 0.3) is 0 Å². The number of rotatable bonds is 23.